The van der Waals surface area contributed by atoms with Gasteiger partial charge in [-0.05, 0) is 6.07 Å². The van der Waals surface area contributed by atoms with Crippen LogP contribution in [0.4, 0.5) is 11.8 Å². The van der Waals surface area contributed by atoms with Gasteiger partial charge in [-0.1, -0.05) is 5.16 Å². The molecule has 0 amide bonds. The number of nitrogens with one attached hydrogen (secondary N) is 1. The highest BCUT2D eigenvalue weighted by Gasteiger charge is 2.14. The van der Waals surface area contributed by atoms with Crippen molar-refractivity contribution < 1.29 is 14.0 Å². The number of aromatic nitrogens is 7. The zero-order chi connectivity index (χ0) is 20.4. The predicted molar refractivity (Wildman–Crippen MR) is 103 cm³/mol. The Hall–Kier alpha value is -3.96. The van der Waals surface area contributed by atoms with Crippen LogP contribution >= 0.6 is 0 Å². The summed E-state index contributed by atoms with van der Waals surface area (Å²) in [5.41, 5.74) is 7.28. The van der Waals surface area contributed by atoms with Crippen molar-refractivity contribution in [3.8, 4) is 11.8 Å². The highest BCUT2D eigenvalue weighted by Crippen LogP contribution is 2.24. The van der Waals surface area contributed by atoms with Crippen molar-refractivity contribution >= 4 is 22.8 Å². The fourth-order valence-electron chi connectivity index (χ4n) is 2.84. The lowest BCUT2D eigenvalue weighted by Crippen LogP contribution is -2.10. The topological polar surface area (TPSA) is 152 Å². The number of ether oxygens (including phenoxy) is 2. The summed E-state index contributed by atoms with van der Waals surface area (Å²) in [4.78, 5) is 21.5. The Labute approximate surface area is 165 Å². The minimum atomic E-state index is 0.154. The standard InChI is InChI=1S/C17H19N9O3/c1-9-20-11(25-29-9)7-19-16-15-10(21-17(18)24-16)4-5-26(15)8-12-22-13(27-2)6-14(23-12)28-3/h4-6H,7-8H2,1-3H3,(H3,18,19,21,24). The Morgan fingerprint density at radius 1 is 1.07 bits per heavy atom. The summed E-state index contributed by atoms with van der Waals surface area (Å²) in [5, 5.41) is 7.06. The Balaban J connectivity index is 1.68. The first-order chi connectivity index (χ1) is 14.1. The molecular formula is C17H19N9O3. The molecule has 0 fully saturated rings. The van der Waals surface area contributed by atoms with Gasteiger partial charge in [0.1, 0.15) is 5.52 Å². The van der Waals surface area contributed by atoms with Crippen LogP contribution in [0.25, 0.3) is 11.0 Å². The number of nitrogens with zero attached hydrogens (tertiary/aromatic N) is 7. The van der Waals surface area contributed by atoms with Gasteiger partial charge in [0.05, 0.1) is 38.9 Å². The van der Waals surface area contributed by atoms with Crippen molar-refractivity contribution in [2.24, 2.45) is 0 Å². The van der Waals surface area contributed by atoms with E-state index < -0.39 is 0 Å². The smallest absolute Gasteiger partial charge is 0.223 e. The second kappa shape index (κ2) is 7.58. The number of hydrogen-bond acceptors (Lipinski definition) is 11. The van der Waals surface area contributed by atoms with Crippen molar-refractivity contribution in [1.82, 2.24) is 34.6 Å². The van der Waals surface area contributed by atoms with Crippen molar-refractivity contribution in [2.45, 2.75) is 20.0 Å². The lowest BCUT2D eigenvalue weighted by Gasteiger charge is -2.11. The molecule has 150 valence electrons. The zero-order valence-electron chi connectivity index (χ0n) is 16.1. The molecular weight excluding hydrogens is 378 g/mol. The summed E-state index contributed by atoms with van der Waals surface area (Å²) >= 11 is 0. The van der Waals surface area contributed by atoms with Crippen molar-refractivity contribution in [3.63, 3.8) is 0 Å². The predicted octanol–water partition coefficient (Wildman–Crippen LogP) is 1.17. The summed E-state index contributed by atoms with van der Waals surface area (Å²) in [7, 11) is 3.07. The number of aryl methyl sites for hydroxylation is 1. The highest BCUT2D eigenvalue weighted by atomic mass is 16.5. The first-order valence-corrected chi connectivity index (χ1v) is 8.67. The Kier molecular flexibility index (Phi) is 4.81. The summed E-state index contributed by atoms with van der Waals surface area (Å²) in [6.07, 6.45) is 1.86. The third-order valence-corrected chi connectivity index (χ3v) is 4.07. The van der Waals surface area contributed by atoms with Crippen LogP contribution in [0, 0.1) is 6.92 Å². The van der Waals surface area contributed by atoms with Gasteiger partial charge in [0.2, 0.25) is 23.6 Å². The van der Waals surface area contributed by atoms with E-state index in [2.05, 4.69) is 35.4 Å². The molecule has 4 aromatic rings. The van der Waals surface area contributed by atoms with Crippen LogP contribution in [0.3, 0.4) is 0 Å². The molecule has 4 aromatic heterocycles. The highest BCUT2D eigenvalue weighted by molar-refractivity contribution is 5.87. The summed E-state index contributed by atoms with van der Waals surface area (Å²) in [6, 6.07) is 3.45. The second-order valence-corrected chi connectivity index (χ2v) is 6.06. The van der Waals surface area contributed by atoms with Gasteiger partial charge in [-0.2, -0.15) is 19.9 Å². The molecule has 0 spiro atoms. The molecule has 0 aliphatic carbocycles. The number of hydrogen-bond donors (Lipinski definition) is 2. The maximum atomic E-state index is 5.86. The number of fused-ring (bicyclic) bond motifs is 1. The SMILES string of the molecule is COc1cc(OC)nc(Cn2ccc3nc(N)nc(NCc4noc(C)n4)c32)n1. The first kappa shape index (κ1) is 18.4. The Bertz CT molecular complexity index is 1130. The van der Waals surface area contributed by atoms with Crippen LogP contribution in [-0.2, 0) is 13.1 Å². The van der Waals surface area contributed by atoms with Crippen LogP contribution in [0.5, 0.6) is 11.8 Å². The van der Waals surface area contributed by atoms with Crippen molar-refractivity contribution in [1.29, 1.82) is 0 Å². The van der Waals surface area contributed by atoms with Crippen molar-refractivity contribution in [3.05, 3.63) is 35.9 Å². The lowest BCUT2D eigenvalue weighted by atomic mass is 10.4. The largest absolute Gasteiger partial charge is 0.481 e. The van der Waals surface area contributed by atoms with E-state index in [1.807, 2.05) is 16.8 Å². The maximum Gasteiger partial charge on any atom is 0.223 e. The maximum absolute atomic E-state index is 5.86. The minimum absolute atomic E-state index is 0.154. The summed E-state index contributed by atoms with van der Waals surface area (Å²) in [6.45, 7) is 2.39. The number of rotatable bonds is 7. The third kappa shape index (κ3) is 3.85. The van der Waals surface area contributed by atoms with E-state index in [1.54, 1.807) is 13.0 Å². The van der Waals surface area contributed by atoms with E-state index in [-0.39, 0.29) is 5.95 Å². The molecule has 0 aromatic carbocycles. The van der Waals surface area contributed by atoms with E-state index >= 15 is 0 Å². The first-order valence-electron chi connectivity index (χ1n) is 8.67. The molecule has 0 radical (unpaired) electrons. The fourth-order valence-corrected chi connectivity index (χ4v) is 2.84. The van der Waals surface area contributed by atoms with Crippen LogP contribution in [0.1, 0.15) is 17.5 Å². The molecule has 29 heavy (non-hydrogen) atoms. The van der Waals surface area contributed by atoms with Gasteiger partial charge < -0.3 is 29.6 Å². The molecule has 3 N–H and O–H groups in total. The van der Waals surface area contributed by atoms with Gasteiger partial charge in [-0.3, -0.25) is 0 Å². The lowest BCUT2D eigenvalue weighted by molar-refractivity contribution is 0.367. The summed E-state index contributed by atoms with van der Waals surface area (Å²) < 4.78 is 17.3. The molecule has 0 aliphatic heterocycles. The zero-order valence-corrected chi connectivity index (χ0v) is 16.1. The molecule has 0 bridgehead atoms. The van der Waals surface area contributed by atoms with Crippen molar-refractivity contribution in [2.75, 3.05) is 25.3 Å². The quantitative estimate of drug-likeness (QED) is 0.462. The third-order valence-electron chi connectivity index (χ3n) is 4.07. The van der Waals surface area contributed by atoms with Crippen LogP contribution < -0.4 is 20.5 Å². The summed E-state index contributed by atoms with van der Waals surface area (Å²) in [5.74, 6) is 3.02. The number of nitrogen functional groups attached to an aromatic ring is 1. The minimum Gasteiger partial charge on any atom is -0.481 e. The molecule has 0 saturated heterocycles. The van der Waals surface area contributed by atoms with Crippen LogP contribution in [-0.4, -0.2) is 48.9 Å². The van der Waals surface area contributed by atoms with Gasteiger partial charge in [-0.25, -0.2) is 4.98 Å². The normalized spacial score (nSPS) is 11.0. The number of methoxy groups -OCH3 is 2. The van der Waals surface area contributed by atoms with Gasteiger partial charge >= 0.3 is 0 Å². The molecule has 0 aliphatic rings. The van der Waals surface area contributed by atoms with E-state index in [4.69, 9.17) is 19.7 Å². The number of anilines is 2. The molecule has 12 heteroatoms. The van der Waals surface area contributed by atoms with Crippen LogP contribution in [0.2, 0.25) is 0 Å². The van der Waals surface area contributed by atoms with Gasteiger partial charge in [0.15, 0.2) is 17.5 Å². The Morgan fingerprint density at radius 2 is 1.83 bits per heavy atom. The van der Waals surface area contributed by atoms with Crippen LogP contribution in [0.15, 0.2) is 22.9 Å². The molecule has 4 heterocycles. The van der Waals surface area contributed by atoms with Gasteiger partial charge in [0.25, 0.3) is 0 Å². The number of nitrogens with two attached hydrogens (primary N) is 1. The monoisotopic (exact) mass is 397 g/mol. The fraction of sp³-hybridized carbons (Fsp3) is 0.294. The average Bonchev–Trinajstić information content (AvgIpc) is 3.31. The van der Waals surface area contributed by atoms with E-state index in [0.717, 1.165) is 5.52 Å². The molecule has 12 nitrogen and oxygen atoms in total. The van der Waals surface area contributed by atoms with E-state index in [9.17, 15) is 0 Å². The molecule has 0 unspecified atom stereocenters. The van der Waals surface area contributed by atoms with Gasteiger partial charge in [-0.15, -0.1) is 0 Å². The molecule has 0 atom stereocenters. The van der Waals surface area contributed by atoms with Gasteiger partial charge in [0, 0.05) is 13.1 Å². The molecule has 4 rings (SSSR count). The van der Waals surface area contributed by atoms with E-state index in [1.165, 1.54) is 14.2 Å². The second-order valence-electron chi connectivity index (χ2n) is 6.06. The molecule has 0 saturated carbocycles. The Morgan fingerprint density at radius 3 is 2.48 bits per heavy atom. The van der Waals surface area contributed by atoms with E-state index in [0.29, 0.717) is 53.7 Å². The average molecular weight is 397 g/mol.